The van der Waals surface area contributed by atoms with Crippen LogP contribution in [-0.4, -0.2) is 41.7 Å². The lowest BCUT2D eigenvalue weighted by atomic mass is 10.3. The van der Waals surface area contributed by atoms with E-state index in [1.54, 1.807) is 12.1 Å². The van der Waals surface area contributed by atoms with E-state index in [1.807, 2.05) is 17.0 Å². The molecular formula is C13H17ClN2O2. The molecule has 1 aromatic rings. The number of hydrogen-bond donors (Lipinski definition) is 2. The van der Waals surface area contributed by atoms with Crippen molar-refractivity contribution in [1.82, 2.24) is 4.90 Å². The van der Waals surface area contributed by atoms with Gasteiger partial charge in [0.1, 0.15) is 0 Å². The highest BCUT2D eigenvalue weighted by Crippen LogP contribution is 2.26. The molecule has 0 spiro atoms. The lowest BCUT2D eigenvalue weighted by molar-refractivity contribution is -0.117. The van der Waals surface area contributed by atoms with E-state index in [9.17, 15) is 4.79 Å². The molecule has 2 N–H and O–H groups in total. The third kappa shape index (κ3) is 3.70. The first-order chi connectivity index (χ1) is 8.70. The van der Waals surface area contributed by atoms with Gasteiger partial charge in [-0.05, 0) is 25.0 Å². The van der Waals surface area contributed by atoms with E-state index >= 15 is 0 Å². The molecule has 2 rings (SSSR count). The molecule has 1 saturated carbocycles. The van der Waals surface area contributed by atoms with Gasteiger partial charge in [-0.25, -0.2) is 0 Å². The lowest BCUT2D eigenvalue weighted by Crippen LogP contribution is -2.36. The molecule has 4 nitrogen and oxygen atoms in total. The fourth-order valence-electron chi connectivity index (χ4n) is 1.90. The highest BCUT2D eigenvalue weighted by Gasteiger charge is 2.29. The number of nitrogens with zero attached hydrogens (tertiary/aromatic N) is 1. The Morgan fingerprint density at radius 1 is 1.44 bits per heavy atom. The maximum atomic E-state index is 11.9. The van der Waals surface area contributed by atoms with Crippen LogP contribution in [0.25, 0.3) is 0 Å². The number of halogens is 1. The monoisotopic (exact) mass is 268 g/mol. The molecule has 0 aromatic heterocycles. The number of anilines is 1. The number of para-hydroxylation sites is 1. The van der Waals surface area contributed by atoms with Gasteiger partial charge in [-0.2, -0.15) is 0 Å². The molecule has 98 valence electrons. The summed E-state index contributed by atoms with van der Waals surface area (Å²) in [5.74, 6) is -0.0940. The second-order valence-electron chi connectivity index (χ2n) is 4.45. The van der Waals surface area contributed by atoms with Gasteiger partial charge < -0.3 is 10.4 Å². The van der Waals surface area contributed by atoms with Crippen molar-refractivity contribution in [1.29, 1.82) is 0 Å². The van der Waals surface area contributed by atoms with Gasteiger partial charge in [-0.1, -0.05) is 23.7 Å². The summed E-state index contributed by atoms with van der Waals surface area (Å²) < 4.78 is 0. The van der Waals surface area contributed by atoms with Crippen LogP contribution in [0.1, 0.15) is 12.8 Å². The molecule has 0 aliphatic heterocycles. The molecule has 0 heterocycles. The second-order valence-corrected chi connectivity index (χ2v) is 4.86. The van der Waals surface area contributed by atoms with Crippen molar-refractivity contribution in [2.75, 3.05) is 25.0 Å². The molecule has 0 saturated heterocycles. The minimum atomic E-state index is -0.0940. The maximum absolute atomic E-state index is 11.9. The number of benzene rings is 1. The van der Waals surface area contributed by atoms with E-state index in [0.29, 0.717) is 29.8 Å². The number of hydrogen-bond acceptors (Lipinski definition) is 3. The van der Waals surface area contributed by atoms with Crippen LogP contribution in [0.2, 0.25) is 5.02 Å². The fourth-order valence-corrected chi connectivity index (χ4v) is 2.08. The van der Waals surface area contributed by atoms with Crippen LogP contribution in [0.4, 0.5) is 5.69 Å². The maximum Gasteiger partial charge on any atom is 0.238 e. The normalized spacial score (nSPS) is 14.8. The fraction of sp³-hybridized carbons (Fsp3) is 0.462. The van der Waals surface area contributed by atoms with Gasteiger partial charge >= 0.3 is 0 Å². The highest BCUT2D eigenvalue weighted by molar-refractivity contribution is 6.33. The van der Waals surface area contributed by atoms with E-state index in [0.717, 1.165) is 12.8 Å². The Hall–Kier alpha value is -1.10. The van der Waals surface area contributed by atoms with E-state index in [1.165, 1.54) is 0 Å². The zero-order chi connectivity index (χ0) is 13.0. The largest absolute Gasteiger partial charge is 0.395 e. The molecule has 0 bridgehead atoms. The summed E-state index contributed by atoms with van der Waals surface area (Å²) in [5.41, 5.74) is 0.629. The van der Waals surface area contributed by atoms with Gasteiger partial charge in [0.05, 0.1) is 23.9 Å². The lowest BCUT2D eigenvalue weighted by Gasteiger charge is -2.20. The van der Waals surface area contributed by atoms with Crippen LogP contribution in [0, 0.1) is 0 Å². The van der Waals surface area contributed by atoms with Crippen LogP contribution in [0.3, 0.4) is 0 Å². The molecule has 0 unspecified atom stereocenters. The third-order valence-electron chi connectivity index (χ3n) is 2.95. The molecule has 18 heavy (non-hydrogen) atoms. The van der Waals surface area contributed by atoms with Crippen LogP contribution >= 0.6 is 11.6 Å². The van der Waals surface area contributed by atoms with Crippen LogP contribution in [-0.2, 0) is 4.79 Å². The van der Waals surface area contributed by atoms with Gasteiger partial charge in [-0.3, -0.25) is 9.69 Å². The van der Waals surface area contributed by atoms with Crippen LogP contribution in [0.15, 0.2) is 24.3 Å². The van der Waals surface area contributed by atoms with Crippen LogP contribution in [0.5, 0.6) is 0 Å². The highest BCUT2D eigenvalue weighted by atomic mass is 35.5. The first-order valence-corrected chi connectivity index (χ1v) is 6.48. The third-order valence-corrected chi connectivity index (χ3v) is 3.27. The SMILES string of the molecule is O=C(CN(CCO)C1CC1)Nc1ccccc1Cl. The Morgan fingerprint density at radius 3 is 2.78 bits per heavy atom. The second kappa shape index (κ2) is 6.18. The van der Waals surface area contributed by atoms with Crippen LogP contribution < -0.4 is 5.32 Å². The number of amides is 1. The number of nitrogens with one attached hydrogen (secondary N) is 1. The van der Waals surface area contributed by atoms with Crippen molar-refractivity contribution < 1.29 is 9.90 Å². The first kappa shape index (κ1) is 13.3. The quantitative estimate of drug-likeness (QED) is 0.826. The number of rotatable bonds is 6. The first-order valence-electron chi connectivity index (χ1n) is 6.10. The predicted octanol–water partition coefficient (Wildman–Crippen LogP) is 1.74. The van der Waals surface area contributed by atoms with Gasteiger partial charge in [0.2, 0.25) is 5.91 Å². The van der Waals surface area contributed by atoms with E-state index in [4.69, 9.17) is 16.7 Å². The van der Waals surface area contributed by atoms with Crippen molar-refractivity contribution in [2.45, 2.75) is 18.9 Å². The van der Waals surface area contributed by atoms with Crippen molar-refractivity contribution in [3.05, 3.63) is 29.3 Å². The number of carbonyl (C=O) groups excluding carboxylic acids is 1. The summed E-state index contributed by atoms with van der Waals surface area (Å²) in [6, 6.07) is 7.61. The molecule has 0 radical (unpaired) electrons. The van der Waals surface area contributed by atoms with E-state index in [-0.39, 0.29) is 12.5 Å². The average Bonchev–Trinajstić information content (AvgIpc) is 3.16. The van der Waals surface area contributed by atoms with Gasteiger partial charge in [0.25, 0.3) is 0 Å². The minimum absolute atomic E-state index is 0.0792. The number of aliphatic hydroxyl groups is 1. The van der Waals surface area contributed by atoms with Crippen molar-refractivity contribution in [3.63, 3.8) is 0 Å². The molecule has 5 heteroatoms. The van der Waals surface area contributed by atoms with Gasteiger partial charge in [-0.15, -0.1) is 0 Å². The molecular weight excluding hydrogens is 252 g/mol. The number of aliphatic hydroxyl groups excluding tert-OH is 1. The topological polar surface area (TPSA) is 52.6 Å². The Morgan fingerprint density at radius 2 is 2.17 bits per heavy atom. The Bertz CT molecular complexity index is 421. The Balaban J connectivity index is 1.89. The molecule has 1 aliphatic carbocycles. The van der Waals surface area contributed by atoms with Crippen molar-refractivity contribution in [2.24, 2.45) is 0 Å². The zero-order valence-electron chi connectivity index (χ0n) is 10.1. The molecule has 1 aromatic carbocycles. The molecule has 0 atom stereocenters. The summed E-state index contributed by atoms with van der Waals surface area (Å²) in [6.07, 6.45) is 2.22. The van der Waals surface area contributed by atoms with Crippen molar-refractivity contribution in [3.8, 4) is 0 Å². The number of carbonyl (C=O) groups is 1. The van der Waals surface area contributed by atoms with Gasteiger partial charge in [0.15, 0.2) is 0 Å². The Labute approximate surface area is 112 Å². The van der Waals surface area contributed by atoms with Gasteiger partial charge in [0, 0.05) is 12.6 Å². The predicted molar refractivity (Wildman–Crippen MR) is 71.8 cm³/mol. The summed E-state index contributed by atoms with van der Waals surface area (Å²) in [7, 11) is 0. The summed E-state index contributed by atoms with van der Waals surface area (Å²) >= 11 is 5.97. The average molecular weight is 269 g/mol. The van der Waals surface area contributed by atoms with Crippen molar-refractivity contribution >= 4 is 23.2 Å². The molecule has 1 fully saturated rings. The summed E-state index contributed by atoms with van der Waals surface area (Å²) in [4.78, 5) is 13.9. The van der Waals surface area contributed by atoms with E-state index in [2.05, 4.69) is 5.32 Å². The zero-order valence-corrected chi connectivity index (χ0v) is 10.9. The minimum Gasteiger partial charge on any atom is -0.395 e. The molecule has 1 aliphatic rings. The molecule has 1 amide bonds. The summed E-state index contributed by atoms with van der Waals surface area (Å²) in [6.45, 7) is 0.924. The Kier molecular flexibility index (Phi) is 4.58. The van der Waals surface area contributed by atoms with E-state index < -0.39 is 0 Å². The smallest absolute Gasteiger partial charge is 0.238 e. The summed E-state index contributed by atoms with van der Waals surface area (Å²) in [5, 5.41) is 12.3. The standard InChI is InChI=1S/C13H17ClN2O2/c14-11-3-1-2-4-12(11)15-13(18)9-16(7-8-17)10-5-6-10/h1-4,10,17H,5-9H2,(H,15,18).